The van der Waals surface area contributed by atoms with Crippen LogP contribution >= 0.6 is 11.8 Å². The molecule has 1 heterocycles. The summed E-state index contributed by atoms with van der Waals surface area (Å²) in [5.74, 6) is 1.64. The Morgan fingerprint density at radius 2 is 1.71 bits per heavy atom. The highest BCUT2D eigenvalue weighted by Crippen LogP contribution is 2.49. The van der Waals surface area contributed by atoms with Crippen molar-refractivity contribution in [1.29, 1.82) is 5.26 Å². The molecule has 0 spiro atoms. The zero-order chi connectivity index (χ0) is 24.7. The maximum Gasteiger partial charge on any atom is 0.132 e. The van der Waals surface area contributed by atoms with E-state index in [1.165, 1.54) is 0 Å². The molecule has 4 rings (SSSR count). The molecule has 0 amide bonds. The minimum absolute atomic E-state index is 0.383. The second-order valence-corrected chi connectivity index (χ2v) is 10.2. The van der Waals surface area contributed by atoms with Crippen molar-refractivity contribution in [1.82, 2.24) is 4.65 Å². The van der Waals surface area contributed by atoms with Gasteiger partial charge >= 0.3 is 0 Å². The third kappa shape index (κ3) is 5.11. The second-order valence-electron chi connectivity index (χ2n) is 9.15. The van der Waals surface area contributed by atoms with Crippen molar-refractivity contribution in [2.24, 2.45) is 0 Å². The summed E-state index contributed by atoms with van der Waals surface area (Å²) in [6.07, 6.45) is 3.30. The first-order valence-corrected chi connectivity index (χ1v) is 13.6. The lowest BCUT2D eigenvalue weighted by Gasteiger charge is -2.42. The lowest BCUT2D eigenvalue weighted by molar-refractivity contribution is 0.306. The Labute approximate surface area is 213 Å². The molecule has 0 radical (unpaired) electrons. The Morgan fingerprint density at radius 1 is 0.971 bits per heavy atom. The molecule has 182 valence electrons. The number of hydrogen-bond acceptors (Lipinski definition) is 4. The molecule has 5 heteroatoms. The Kier molecular flexibility index (Phi) is 8.18. The van der Waals surface area contributed by atoms with E-state index in [9.17, 15) is 10.5 Å². The highest BCUT2D eigenvalue weighted by molar-refractivity contribution is 7.98. The molecular weight excluding hydrogens is 452 g/mol. The fraction of sp³-hybridized carbons (Fsp3) is 0.367. The predicted octanol–water partition coefficient (Wildman–Crippen LogP) is 7.59. The van der Waals surface area contributed by atoms with Gasteiger partial charge in [-0.15, -0.1) is 11.8 Å². The molecule has 3 aromatic rings. The molecule has 35 heavy (non-hydrogen) atoms. The van der Waals surface area contributed by atoms with Crippen LogP contribution in [0.15, 0.2) is 77.7 Å². The van der Waals surface area contributed by atoms with Crippen molar-refractivity contribution < 1.29 is 4.74 Å². The quantitative estimate of drug-likeness (QED) is 0.168. The van der Waals surface area contributed by atoms with Crippen LogP contribution in [-0.4, -0.2) is 19.7 Å². The molecule has 0 aliphatic carbocycles. The number of thioether (sulfide) groups is 1. The SMILES string of the molecule is CCCCOc1cccc2c1CSc1ccccc1C2(C#N)CCC[N+]([O-])(CC)c1ccccc1. The summed E-state index contributed by atoms with van der Waals surface area (Å²) < 4.78 is 5.81. The molecule has 3 aromatic carbocycles. The van der Waals surface area contributed by atoms with Crippen LogP contribution in [0.4, 0.5) is 5.69 Å². The molecule has 1 aliphatic heterocycles. The molecule has 0 saturated carbocycles. The van der Waals surface area contributed by atoms with Crippen LogP contribution < -0.4 is 9.38 Å². The molecule has 2 atom stereocenters. The highest BCUT2D eigenvalue weighted by atomic mass is 32.2. The average Bonchev–Trinajstić information content (AvgIpc) is 3.05. The number of quaternary nitrogens is 1. The van der Waals surface area contributed by atoms with E-state index in [-0.39, 0.29) is 4.65 Å². The molecule has 2 unspecified atom stereocenters. The van der Waals surface area contributed by atoms with Crippen LogP contribution in [-0.2, 0) is 11.2 Å². The van der Waals surface area contributed by atoms with Crippen LogP contribution in [0, 0.1) is 16.5 Å². The van der Waals surface area contributed by atoms with E-state index in [0.717, 1.165) is 51.6 Å². The maximum atomic E-state index is 13.7. The molecule has 0 N–H and O–H groups in total. The van der Waals surface area contributed by atoms with E-state index in [0.29, 0.717) is 32.5 Å². The molecule has 0 aromatic heterocycles. The summed E-state index contributed by atoms with van der Waals surface area (Å²) in [6.45, 7) is 5.66. The van der Waals surface area contributed by atoms with Gasteiger partial charge in [0.15, 0.2) is 0 Å². The summed E-state index contributed by atoms with van der Waals surface area (Å²) in [6, 6.07) is 26.7. The number of unbranched alkanes of at least 4 members (excludes halogenated alkanes) is 1. The van der Waals surface area contributed by atoms with E-state index in [1.807, 2.05) is 61.5 Å². The molecular formula is C30H34N2O2S. The van der Waals surface area contributed by atoms with Crippen molar-refractivity contribution in [3.8, 4) is 11.8 Å². The van der Waals surface area contributed by atoms with Crippen LogP contribution in [0.2, 0.25) is 0 Å². The fourth-order valence-corrected chi connectivity index (χ4v) is 6.20. The molecule has 0 bridgehead atoms. The van der Waals surface area contributed by atoms with Gasteiger partial charge in [0, 0.05) is 16.2 Å². The Hall–Kier alpha value is -2.78. The van der Waals surface area contributed by atoms with Crippen LogP contribution in [0.1, 0.15) is 56.2 Å². The van der Waals surface area contributed by atoms with Crippen molar-refractivity contribution >= 4 is 17.4 Å². The van der Waals surface area contributed by atoms with E-state index >= 15 is 0 Å². The number of rotatable bonds is 10. The van der Waals surface area contributed by atoms with E-state index in [2.05, 4.69) is 31.2 Å². The number of fused-ring (bicyclic) bond motifs is 2. The smallest absolute Gasteiger partial charge is 0.132 e. The van der Waals surface area contributed by atoms with Gasteiger partial charge in [-0.1, -0.05) is 61.9 Å². The first-order chi connectivity index (χ1) is 17.1. The van der Waals surface area contributed by atoms with E-state index in [1.54, 1.807) is 11.8 Å². The van der Waals surface area contributed by atoms with Crippen LogP contribution in [0.3, 0.4) is 0 Å². The van der Waals surface area contributed by atoms with Gasteiger partial charge in [0.2, 0.25) is 0 Å². The van der Waals surface area contributed by atoms with Gasteiger partial charge in [0.05, 0.1) is 25.8 Å². The zero-order valence-corrected chi connectivity index (χ0v) is 21.5. The molecule has 0 fully saturated rings. The van der Waals surface area contributed by atoms with Gasteiger partial charge in [-0.25, -0.2) is 0 Å². The van der Waals surface area contributed by atoms with Crippen molar-refractivity contribution in [3.05, 3.63) is 94.7 Å². The zero-order valence-electron chi connectivity index (χ0n) is 20.7. The summed E-state index contributed by atoms with van der Waals surface area (Å²) in [4.78, 5) is 1.13. The Bertz CT molecular complexity index is 1180. The van der Waals surface area contributed by atoms with Crippen molar-refractivity contribution in [2.75, 3.05) is 19.7 Å². The maximum absolute atomic E-state index is 13.7. The van der Waals surface area contributed by atoms with E-state index < -0.39 is 5.41 Å². The summed E-state index contributed by atoms with van der Waals surface area (Å²) in [7, 11) is 0. The number of nitriles is 1. The summed E-state index contributed by atoms with van der Waals surface area (Å²) in [5, 5.41) is 24.5. The van der Waals surface area contributed by atoms with Crippen LogP contribution in [0.5, 0.6) is 5.75 Å². The van der Waals surface area contributed by atoms with Gasteiger partial charge in [0.1, 0.15) is 16.9 Å². The molecule has 4 nitrogen and oxygen atoms in total. The lowest BCUT2D eigenvalue weighted by Crippen LogP contribution is -2.44. The number of hydrogen-bond donors (Lipinski definition) is 0. The second kappa shape index (κ2) is 11.3. The molecule has 1 aliphatic rings. The summed E-state index contributed by atoms with van der Waals surface area (Å²) in [5.41, 5.74) is 3.11. The van der Waals surface area contributed by atoms with E-state index in [4.69, 9.17) is 4.74 Å². The number of benzene rings is 3. The largest absolute Gasteiger partial charge is 0.627 e. The van der Waals surface area contributed by atoms with Gasteiger partial charge in [-0.3, -0.25) is 0 Å². The third-order valence-electron chi connectivity index (χ3n) is 7.07. The first-order valence-electron chi connectivity index (χ1n) is 12.6. The topological polar surface area (TPSA) is 56.1 Å². The first kappa shape index (κ1) is 25.3. The number of ether oxygens (including phenoxy) is 1. The molecule has 0 saturated heterocycles. The standard InChI is InChI=1S/C30H34N2O2S/c1-3-5-21-34-28-17-11-16-26-25(28)22-35-29-18-10-9-15-27(29)30(26,23-31)19-12-20-32(33,4-2)24-13-7-6-8-14-24/h6-11,13-18H,3-5,12,19-22H2,1-2H3. The average molecular weight is 487 g/mol. The normalized spacial score (nSPS) is 18.5. The summed E-state index contributed by atoms with van der Waals surface area (Å²) >= 11 is 1.77. The predicted molar refractivity (Wildman–Crippen MR) is 145 cm³/mol. The van der Waals surface area contributed by atoms with Gasteiger partial charge in [-0.05, 0) is 61.6 Å². The third-order valence-corrected chi connectivity index (χ3v) is 8.17. The monoisotopic (exact) mass is 486 g/mol. The number of nitrogens with zero attached hydrogens (tertiary/aromatic N) is 2. The van der Waals surface area contributed by atoms with Crippen molar-refractivity contribution in [2.45, 2.75) is 55.6 Å². The minimum Gasteiger partial charge on any atom is -0.627 e. The Balaban J connectivity index is 1.71. The Morgan fingerprint density at radius 3 is 2.46 bits per heavy atom. The number of para-hydroxylation sites is 1. The van der Waals surface area contributed by atoms with Gasteiger partial charge < -0.3 is 14.6 Å². The van der Waals surface area contributed by atoms with Crippen LogP contribution in [0.25, 0.3) is 0 Å². The number of hydroxylamine groups is 2. The fourth-order valence-electron chi connectivity index (χ4n) is 5.03. The highest BCUT2D eigenvalue weighted by Gasteiger charge is 2.41. The van der Waals surface area contributed by atoms with Gasteiger partial charge in [-0.2, -0.15) is 5.26 Å². The van der Waals surface area contributed by atoms with Crippen molar-refractivity contribution in [3.63, 3.8) is 0 Å². The lowest BCUT2D eigenvalue weighted by atomic mass is 9.71. The minimum atomic E-state index is -0.825. The van der Waals surface area contributed by atoms with Gasteiger partial charge in [0.25, 0.3) is 0 Å².